The van der Waals surface area contributed by atoms with Gasteiger partial charge in [-0.05, 0) is 36.8 Å². The fourth-order valence-corrected chi connectivity index (χ4v) is 2.81. The van der Waals surface area contributed by atoms with Crippen molar-refractivity contribution in [3.8, 4) is 28.5 Å². The molecule has 2 aromatic rings. The van der Waals surface area contributed by atoms with Crippen LogP contribution in [0.1, 0.15) is 38.8 Å². The van der Waals surface area contributed by atoms with Crippen LogP contribution >= 0.6 is 0 Å². The molecule has 1 atom stereocenters. The van der Waals surface area contributed by atoms with Gasteiger partial charge in [-0.1, -0.05) is 20.8 Å². The highest BCUT2D eigenvalue weighted by molar-refractivity contribution is 5.90. The minimum absolute atomic E-state index is 0.0125. The second-order valence-corrected chi connectivity index (χ2v) is 6.36. The number of fused-ring (bicyclic) bond motifs is 1. The first-order valence-electron chi connectivity index (χ1n) is 9.91. The lowest BCUT2D eigenvalue weighted by Gasteiger charge is -2.13. The van der Waals surface area contributed by atoms with E-state index in [1.54, 1.807) is 25.4 Å². The lowest BCUT2D eigenvalue weighted by atomic mass is 10.0. The van der Waals surface area contributed by atoms with Crippen molar-refractivity contribution in [3.63, 3.8) is 0 Å². The van der Waals surface area contributed by atoms with Gasteiger partial charge in [0.2, 0.25) is 0 Å². The van der Waals surface area contributed by atoms with Crippen molar-refractivity contribution in [2.75, 3.05) is 20.8 Å². The van der Waals surface area contributed by atoms with Gasteiger partial charge in [-0.2, -0.15) is 0 Å². The molecule has 1 N–H and O–H groups in total. The zero-order valence-corrected chi connectivity index (χ0v) is 18.2. The van der Waals surface area contributed by atoms with Crippen LogP contribution in [0.5, 0.6) is 17.2 Å². The summed E-state index contributed by atoms with van der Waals surface area (Å²) in [5.41, 5.74) is 1.83. The maximum absolute atomic E-state index is 13.3. The molecule has 3 rings (SSSR count). The Morgan fingerprint density at radius 3 is 2.58 bits per heavy atom. The minimum Gasteiger partial charge on any atom is -0.494 e. The summed E-state index contributed by atoms with van der Waals surface area (Å²) in [4.78, 5) is 12.6. The quantitative estimate of drug-likeness (QED) is 0.526. The molecule has 0 spiro atoms. The summed E-state index contributed by atoms with van der Waals surface area (Å²) in [7, 11) is 3.07. The molecule has 1 aromatic heterocycles. The number of hydrogen-bond donors (Lipinski definition) is 1. The zero-order valence-electron chi connectivity index (χ0n) is 18.2. The number of aliphatic hydroxyl groups is 1. The fourth-order valence-electron chi connectivity index (χ4n) is 2.81. The van der Waals surface area contributed by atoms with E-state index in [9.17, 15) is 8.78 Å². The summed E-state index contributed by atoms with van der Waals surface area (Å²) in [5.74, 6) is 0.769. The Kier molecular flexibility index (Phi) is 8.44. The van der Waals surface area contributed by atoms with Crippen LogP contribution in [-0.4, -0.2) is 49.2 Å². The second kappa shape index (κ2) is 10.8. The van der Waals surface area contributed by atoms with Gasteiger partial charge in [0.1, 0.15) is 23.9 Å². The highest BCUT2D eigenvalue weighted by atomic mass is 19.3. The summed E-state index contributed by atoms with van der Waals surface area (Å²) in [6, 6.07) is 8.09. The molecule has 7 nitrogen and oxygen atoms in total. The molecule has 0 bridgehead atoms. The van der Waals surface area contributed by atoms with Crippen LogP contribution in [0.25, 0.3) is 11.3 Å². The summed E-state index contributed by atoms with van der Waals surface area (Å²) in [6.07, 6.45) is -1.42. The van der Waals surface area contributed by atoms with E-state index in [1.165, 1.54) is 19.2 Å². The van der Waals surface area contributed by atoms with E-state index in [2.05, 4.69) is 24.4 Å². The summed E-state index contributed by atoms with van der Waals surface area (Å²) in [6.45, 7) is 5.75. The lowest BCUT2D eigenvalue weighted by molar-refractivity contribution is -0.286. The molecule has 9 heteroatoms. The van der Waals surface area contributed by atoms with Crippen molar-refractivity contribution in [1.82, 2.24) is 4.98 Å². The molecule has 0 amide bonds. The molecule has 1 aliphatic rings. The molecule has 2 heterocycles. The molecule has 0 saturated heterocycles. The van der Waals surface area contributed by atoms with Gasteiger partial charge in [-0.25, -0.2) is 9.98 Å². The van der Waals surface area contributed by atoms with E-state index in [0.29, 0.717) is 29.3 Å². The average molecular weight is 435 g/mol. The SMILES string of the molecule is CC.CN=C(CO)N=CCC(C)c1ccc(OC)c(-c2ccc3c(c2)OC(F)(F)O3)n1. The number of alkyl halides is 2. The number of hydrogen-bond acceptors (Lipinski definition) is 6. The Balaban J connectivity index is 0.00000166. The summed E-state index contributed by atoms with van der Waals surface area (Å²) >= 11 is 0. The molecular weight excluding hydrogens is 408 g/mol. The molecule has 31 heavy (non-hydrogen) atoms. The number of aliphatic hydroxyl groups excluding tert-OH is 1. The Morgan fingerprint density at radius 2 is 1.94 bits per heavy atom. The van der Waals surface area contributed by atoms with Crippen LogP contribution < -0.4 is 14.2 Å². The van der Waals surface area contributed by atoms with Crippen molar-refractivity contribution in [2.45, 2.75) is 39.4 Å². The highest BCUT2D eigenvalue weighted by Crippen LogP contribution is 2.43. The molecule has 0 radical (unpaired) electrons. The Bertz CT molecular complexity index is 948. The van der Waals surface area contributed by atoms with E-state index in [4.69, 9.17) is 9.84 Å². The van der Waals surface area contributed by atoms with Crippen LogP contribution in [0, 0.1) is 0 Å². The van der Waals surface area contributed by atoms with Gasteiger partial charge in [-0.15, -0.1) is 8.78 Å². The van der Waals surface area contributed by atoms with E-state index >= 15 is 0 Å². The highest BCUT2D eigenvalue weighted by Gasteiger charge is 2.43. The minimum atomic E-state index is -3.68. The monoisotopic (exact) mass is 435 g/mol. The van der Waals surface area contributed by atoms with Gasteiger partial charge in [-0.3, -0.25) is 4.99 Å². The first-order valence-corrected chi connectivity index (χ1v) is 9.91. The van der Waals surface area contributed by atoms with Gasteiger partial charge in [0, 0.05) is 30.4 Å². The van der Waals surface area contributed by atoms with Crippen molar-refractivity contribution in [1.29, 1.82) is 0 Å². The third-order valence-electron chi connectivity index (χ3n) is 4.38. The van der Waals surface area contributed by atoms with Crippen LogP contribution in [-0.2, 0) is 0 Å². The first-order chi connectivity index (χ1) is 14.9. The number of rotatable bonds is 6. The normalized spacial score (nSPS) is 15.4. The number of halogens is 2. The summed E-state index contributed by atoms with van der Waals surface area (Å²) < 4.78 is 40.9. The molecule has 1 aromatic carbocycles. The number of aliphatic imine (C=N–C) groups is 2. The Labute approximate surface area is 180 Å². The van der Waals surface area contributed by atoms with Gasteiger partial charge in [0.05, 0.1) is 7.11 Å². The van der Waals surface area contributed by atoms with Crippen LogP contribution in [0.15, 0.2) is 40.3 Å². The van der Waals surface area contributed by atoms with E-state index in [0.717, 1.165) is 5.69 Å². The number of nitrogens with zero attached hydrogens (tertiary/aromatic N) is 3. The first kappa shape index (κ1) is 24.2. The number of methoxy groups -OCH3 is 1. The van der Waals surface area contributed by atoms with Gasteiger partial charge >= 0.3 is 6.29 Å². The van der Waals surface area contributed by atoms with Gasteiger partial charge in [0.25, 0.3) is 0 Å². The van der Waals surface area contributed by atoms with Crippen molar-refractivity contribution in [2.24, 2.45) is 9.98 Å². The number of benzene rings is 1. The van der Waals surface area contributed by atoms with Crippen LogP contribution in [0.3, 0.4) is 0 Å². The molecule has 168 valence electrons. The Morgan fingerprint density at radius 1 is 1.23 bits per heavy atom. The van der Waals surface area contributed by atoms with Crippen molar-refractivity contribution in [3.05, 3.63) is 36.0 Å². The summed E-state index contributed by atoms with van der Waals surface area (Å²) in [5, 5.41) is 9.09. The molecule has 0 fully saturated rings. The standard InChI is InChI=1S/C20H21F2N3O4.C2H6/c1-12(8-9-24-18(11-26)23-2)14-5-7-16(27-3)19(25-14)13-4-6-15-17(10-13)29-20(21,22)28-15;1-2/h4-7,9-10,12,26H,8,11H2,1-3H3;1-2H3. The van der Waals surface area contributed by atoms with E-state index in [1.807, 2.05) is 26.8 Å². The number of pyridine rings is 1. The predicted octanol–water partition coefficient (Wildman–Crippen LogP) is 4.69. The number of ether oxygens (including phenoxy) is 3. The molecule has 0 saturated carbocycles. The lowest BCUT2D eigenvalue weighted by Crippen LogP contribution is -2.25. The third-order valence-corrected chi connectivity index (χ3v) is 4.38. The van der Waals surface area contributed by atoms with E-state index in [-0.39, 0.29) is 24.0 Å². The fraction of sp³-hybridized carbons (Fsp3) is 0.409. The van der Waals surface area contributed by atoms with Gasteiger partial charge in [0.15, 0.2) is 11.5 Å². The average Bonchev–Trinajstić information content (AvgIpc) is 3.10. The maximum Gasteiger partial charge on any atom is 0.586 e. The maximum atomic E-state index is 13.3. The number of amidine groups is 1. The van der Waals surface area contributed by atoms with E-state index < -0.39 is 6.29 Å². The zero-order chi connectivity index (χ0) is 23.0. The molecule has 1 unspecified atom stereocenters. The number of aromatic nitrogens is 1. The smallest absolute Gasteiger partial charge is 0.494 e. The topological polar surface area (TPSA) is 85.5 Å². The second-order valence-electron chi connectivity index (χ2n) is 6.36. The third kappa shape index (κ3) is 5.97. The van der Waals surface area contributed by atoms with Crippen molar-refractivity contribution >= 4 is 12.1 Å². The Hall–Kier alpha value is -3.07. The van der Waals surface area contributed by atoms with Gasteiger partial charge < -0.3 is 19.3 Å². The van der Waals surface area contributed by atoms with Crippen molar-refractivity contribution < 1.29 is 28.1 Å². The molecule has 0 aliphatic carbocycles. The van der Waals surface area contributed by atoms with Crippen LogP contribution in [0.4, 0.5) is 8.78 Å². The largest absolute Gasteiger partial charge is 0.586 e. The molecule has 1 aliphatic heterocycles. The molecular formula is C22H27F2N3O4. The van der Waals surface area contributed by atoms with Crippen LogP contribution in [0.2, 0.25) is 0 Å². The predicted molar refractivity (Wildman–Crippen MR) is 116 cm³/mol.